The molecule has 0 bridgehead atoms. The summed E-state index contributed by atoms with van der Waals surface area (Å²) < 4.78 is 32.5. The molecular formula is C25H16O10. The number of fused-ring (bicyclic) bond motifs is 4. The van der Waals surface area contributed by atoms with E-state index in [9.17, 15) is 19.8 Å². The van der Waals surface area contributed by atoms with Gasteiger partial charge in [-0.1, -0.05) is 0 Å². The third kappa shape index (κ3) is 2.83. The number of hydrogen-bond acceptors (Lipinski definition) is 10. The largest absolute Gasteiger partial charge is 0.506 e. The summed E-state index contributed by atoms with van der Waals surface area (Å²) >= 11 is 0. The number of aromatic hydroxyl groups is 2. The first kappa shape index (κ1) is 20.7. The Balaban J connectivity index is 1.62. The van der Waals surface area contributed by atoms with Gasteiger partial charge in [-0.05, 0) is 12.1 Å². The van der Waals surface area contributed by atoms with Gasteiger partial charge in [0.25, 0.3) is 0 Å². The quantitative estimate of drug-likeness (QED) is 0.351. The zero-order valence-corrected chi connectivity index (χ0v) is 18.3. The molecule has 2 N–H and O–H groups in total. The maximum atomic E-state index is 12.8. The van der Waals surface area contributed by atoms with Crippen molar-refractivity contribution in [2.24, 2.45) is 0 Å². The average Bonchev–Trinajstić information content (AvgIpc) is 3.49. The SMILES string of the molecule is COc1c2ccoc2cc2oc(=O)c(Cc3c(O)c4c(OC)c5ccoc5cc4oc3=O)c(O)c12. The smallest absolute Gasteiger partial charge is 0.343 e. The van der Waals surface area contributed by atoms with E-state index in [1.54, 1.807) is 12.1 Å². The summed E-state index contributed by atoms with van der Waals surface area (Å²) in [6.07, 6.45) is 2.39. The lowest BCUT2D eigenvalue weighted by atomic mass is 10.0. The van der Waals surface area contributed by atoms with Crippen molar-refractivity contribution in [2.45, 2.75) is 6.42 Å². The molecule has 10 heteroatoms. The Morgan fingerprint density at radius 3 is 1.54 bits per heavy atom. The zero-order valence-electron chi connectivity index (χ0n) is 18.3. The molecule has 0 spiro atoms. The Hall–Kier alpha value is -4.86. The van der Waals surface area contributed by atoms with Crippen LogP contribution in [0.2, 0.25) is 0 Å². The summed E-state index contributed by atoms with van der Waals surface area (Å²) in [5.41, 5.74) is -1.46. The first-order valence-electron chi connectivity index (χ1n) is 10.4. The van der Waals surface area contributed by atoms with E-state index >= 15 is 0 Å². The maximum absolute atomic E-state index is 12.8. The lowest BCUT2D eigenvalue weighted by Gasteiger charge is -2.12. The highest BCUT2D eigenvalue weighted by Crippen LogP contribution is 2.43. The summed E-state index contributed by atoms with van der Waals surface area (Å²) in [5, 5.41) is 23.5. The van der Waals surface area contributed by atoms with Crippen LogP contribution in [0.4, 0.5) is 0 Å². The van der Waals surface area contributed by atoms with Crippen LogP contribution in [-0.4, -0.2) is 24.4 Å². The van der Waals surface area contributed by atoms with E-state index in [0.717, 1.165) is 0 Å². The Morgan fingerprint density at radius 2 is 1.14 bits per heavy atom. The van der Waals surface area contributed by atoms with E-state index in [2.05, 4.69) is 0 Å². The van der Waals surface area contributed by atoms with Crippen LogP contribution >= 0.6 is 0 Å². The second-order valence-corrected chi connectivity index (χ2v) is 7.84. The van der Waals surface area contributed by atoms with Crippen molar-refractivity contribution >= 4 is 43.9 Å². The van der Waals surface area contributed by atoms with E-state index in [0.29, 0.717) is 21.9 Å². The van der Waals surface area contributed by atoms with Crippen molar-refractivity contribution in [2.75, 3.05) is 14.2 Å². The van der Waals surface area contributed by atoms with Gasteiger partial charge in [-0.2, -0.15) is 0 Å². The molecule has 0 aliphatic heterocycles. The second kappa shape index (κ2) is 7.32. The lowest BCUT2D eigenvalue weighted by molar-refractivity contribution is 0.414. The van der Waals surface area contributed by atoms with Crippen molar-refractivity contribution in [3.8, 4) is 23.0 Å². The Bertz CT molecular complexity index is 1780. The number of hydrogen-bond donors (Lipinski definition) is 2. The topological polar surface area (TPSA) is 146 Å². The summed E-state index contributed by atoms with van der Waals surface area (Å²) in [6.45, 7) is 0. The number of benzene rings is 2. The molecule has 4 heterocycles. The standard InChI is InChI=1S/C25H16O10/c1-30-22-10-3-5-32-14(10)8-16-18(22)20(26)12(24(28)34-16)7-13-21(27)19-17(35-25(13)29)9-15-11(4-6-33-15)23(19)31-2/h3-6,8-9,26-27H,7H2,1-2H3. The van der Waals surface area contributed by atoms with E-state index in [1.807, 2.05) is 0 Å². The Morgan fingerprint density at radius 1 is 0.714 bits per heavy atom. The Kier molecular flexibility index (Phi) is 4.34. The normalized spacial score (nSPS) is 11.7. The molecule has 6 aromatic rings. The van der Waals surface area contributed by atoms with E-state index < -0.39 is 29.2 Å². The first-order chi connectivity index (χ1) is 16.9. The van der Waals surface area contributed by atoms with Crippen molar-refractivity contribution in [3.63, 3.8) is 0 Å². The molecule has 0 radical (unpaired) electrons. The number of ether oxygens (including phenoxy) is 2. The zero-order chi connectivity index (χ0) is 24.4. The molecule has 4 aromatic heterocycles. The van der Waals surface area contributed by atoms with Gasteiger partial charge in [0.05, 0.1) is 48.6 Å². The van der Waals surface area contributed by atoms with Gasteiger partial charge < -0.3 is 37.4 Å². The summed E-state index contributed by atoms with van der Waals surface area (Å²) in [7, 11) is 2.80. The van der Waals surface area contributed by atoms with Gasteiger partial charge in [0, 0.05) is 18.6 Å². The minimum atomic E-state index is -0.904. The van der Waals surface area contributed by atoms with Crippen LogP contribution in [0.3, 0.4) is 0 Å². The first-order valence-corrected chi connectivity index (χ1v) is 10.4. The van der Waals surface area contributed by atoms with E-state index in [4.69, 9.17) is 27.1 Å². The van der Waals surface area contributed by atoms with E-state index in [1.165, 1.54) is 38.9 Å². The van der Waals surface area contributed by atoms with Crippen LogP contribution in [0.25, 0.3) is 43.9 Å². The van der Waals surface area contributed by atoms with Crippen LogP contribution in [0.1, 0.15) is 11.1 Å². The molecule has 6 rings (SSSR count). The van der Waals surface area contributed by atoms with Gasteiger partial charge >= 0.3 is 11.3 Å². The molecule has 0 saturated heterocycles. The molecule has 0 unspecified atom stereocenters. The molecule has 0 fully saturated rings. The molecule has 0 atom stereocenters. The molecule has 35 heavy (non-hydrogen) atoms. The Labute approximate surface area is 194 Å². The van der Waals surface area contributed by atoms with Gasteiger partial charge in [0.2, 0.25) is 0 Å². The van der Waals surface area contributed by atoms with Gasteiger partial charge in [-0.15, -0.1) is 0 Å². The third-order valence-electron chi connectivity index (χ3n) is 6.06. The van der Waals surface area contributed by atoms with E-state index in [-0.39, 0.29) is 44.6 Å². The van der Waals surface area contributed by atoms with Crippen molar-refractivity contribution in [1.82, 2.24) is 0 Å². The fourth-order valence-corrected chi connectivity index (χ4v) is 4.46. The molecule has 0 aliphatic rings. The third-order valence-corrected chi connectivity index (χ3v) is 6.06. The predicted octanol–water partition coefficient (Wildman–Crippen LogP) is 4.41. The maximum Gasteiger partial charge on any atom is 0.343 e. The lowest BCUT2D eigenvalue weighted by Crippen LogP contribution is -2.15. The van der Waals surface area contributed by atoms with Crippen LogP contribution in [0.5, 0.6) is 23.0 Å². The van der Waals surface area contributed by atoms with Crippen molar-refractivity contribution < 1.29 is 37.4 Å². The van der Waals surface area contributed by atoms with Crippen molar-refractivity contribution in [1.29, 1.82) is 0 Å². The van der Waals surface area contributed by atoms with Gasteiger partial charge in [-0.25, -0.2) is 9.59 Å². The highest BCUT2D eigenvalue weighted by atomic mass is 16.5. The summed E-state index contributed by atoms with van der Waals surface area (Å²) in [6, 6.07) is 6.21. The summed E-state index contributed by atoms with van der Waals surface area (Å²) in [5.74, 6) is -0.445. The van der Waals surface area contributed by atoms with Crippen LogP contribution < -0.4 is 20.7 Å². The molecular weight excluding hydrogens is 460 g/mol. The van der Waals surface area contributed by atoms with Gasteiger partial charge in [0.1, 0.15) is 56.1 Å². The van der Waals surface area contributed by atoms with Crippen LogP contribution in [-0.2, 0) is 6.42 Å². The summed E-state index contributed by atoms with van der Waals surface area (Å²) in [4.78, 5) is 25.7. The minimum absolute atomic E-state index is 0.0364. The average molecular weight is 476 g/mol. The monoisotopic (exact) mass is 476 g/mol. The minimum Gasteiger partial charge on any atom is -0.506 e. The van der Waals surface area contributed by atoms with Crippen LogP contribution in [0.15, 0.2) is 64.0 Å². The highest BCUT2D eigenvalue weighted by molar-refractivity contribution is 6.05. The fourth-order valence-electron chi connectivity index (χ4n) is 4.46. The van der Waals surface area contributed by atoms with Crippen LogP contribution in [0, 0.1) is 0 Å². The molecule has 0 amide bonds. The molecule has 0 saturated carbocycles. The molecule has 176 valence electrons. The van der Waals surface area contributed by atoms with Gasteiger partial charge in [-0.3, -0.25) is 0 Å². The predicted molar refractivity (Wildman–Crippen MR) is 124 cm³/mol. The van der Waals surface area contributed by atoms with Crippen molar-refractivity contribution in [3.05, 3.63) is 68.8 Å². The fraction of sp³-hybridized carbons (Fsp3) is 0.120. The number of rotatable bonds is 4. The van der Waals surface area contributed by atoms with Gasteiger partial charge in [0.15, 0.2) is 0 Å². The highest BCUT2D eigenvalue weighted by Gasteiger charge is 2.26. The molecule has 10 nitrogen and oxygen atoms in total. The second-order valence-electron chi connectivity index (χ2n) is 7.84. The molecule has 0 aliphatic carbocycles. The molecule has 2 aromatic carbocycles. The number of furan rings is 2. The number of methoxy groups -OCH3 is 2.